The van der Waals surface area contributed by atoms with Gasteiger partial charge in [0.25, 0.3) is 5.91 Å². The molecule has 1 aliphatic heterocycles. The Kier molecular flexibility index (Phi) is 8.78. The summed E-state index contributed by atoms with van der Waals surface area (Å²) >= 11 is 6.22. The van der Waals surface area contributed by atoms with Gasteiger partial charge in [-0.15, -0.1) is 0 Å². The highest BCUT2D eigenvalue weighted by atomic mass is 35.5. The Hall–Kier alpha value is -3.16. The molecule has 4 rings (SSSR count). The zero-order chi connectivity index (χ0) is 25.5. The Bertz CT molecular complexity index is 1170. The Morgan fingerprint density at radius 1 is 1.19 bits per heavy atom. The first-order valence-electron chi connectivity index (χ1n) is 12.4. The number of piperidine rings is 1. The van der Waals surface area contributed by atoms with Crippen LogP contribution in [-0.2, 0) is 22.6 Å². The van der Waals surface area contributed by atoms with E-state index in [1.165, 1.54) is 11.8 Å². The van der Waals surface area contributed by atoms with Crippen molar-refractivity contribution < 1.29 is 18.7 Å². The largest absolute Gasteiger partial charge is 0.466 e. The first-order chi connectivity index (χ1) is 17.4. The van der Waals surface area contributed by atoms with Crippen molar-refractivity contribution in [3.63, 3.8) is 0 Å². The Morgan fingerprint density at radius 2 is 2.00 bits per heavy atom. The SMILES string of the molecule is CCOC(=O)C1CCCN(C(=O)c2coc(CN(Cc3cccc(Cl)c3)C(C)c3ccccc3)n2)C1. The summed E-state index contributed by atoms with van der Waals surface area (Å²) in [6.45, 7) is 6.24. The van der Waals surface area contributed by atoms with Crippen molar-refractivity contribution in [1.82, 2.24) is 14.8 Å². The standard InChI is InChI=1S/C28H32ClN3O4/c1-3-35-28(34)23-12-8-14-31(17-23)27(33)25-19-36-26(30-25)18-32(16-21-9-7-13-24(29)15-21)20(2)22-10-5-4-6-11-22/h4-7,9-11,13,15,19-20,23H,3,8,12,14,16-18H2,1-2H3. The van der Waals surface area contributed by atoms with Crippen molar-refractivity contribution in [3.8, 4) is 0 Å². The average molecular weight is 510 g/mol. The number of carbonyl (C=O) groups is 2. The van der Waals surface area contributed by atoms with Gasteiger partial charge in [-0.2, -0.15) is 0 Å². The lowest BCUT2D eigenvalue weighted by molar-refractivity contribution is -0.149. The van der Waals surface area contributed by atoms with E-state index in [2.05, 4.69) is 28.9 Å². The van der Waals surface area contributed by atoms with E-state index in [1.807, 2.05) is 42.5 Å². The fraction of sp³-hybridized carbons (Fsp3) is 0.393. The first kappa shape index (κ1) is 25.9. The van der Waals surface area contributed by atoms with Crippen LogP contribution in [0, 0.1) is 5.92 Å². The molecular weight excluding hydrogens is 478 g/mol. The third-order valence-corrected chi connectivity index (χ3v) is 6.78. The molecule has 0 spiro atoms. The number of esters is 1. The van der Waals surface area contributed by atoms with Crippen molar-refractivity contribution in [3.05, 3.63) is 88.6 Å². The van der Waals surface area contributed by atoms with E-state index < -0.39 is 0 Å². The van der Waals surface area contributed by atoms with E-state index in [9.17, 15) is 9.59 Å². The molecule has 190 valence electrons. The van der Waals surface area contributed by atoms with Crippen LogP contribution < -0.4 is 0 Å². The molecule has 1 aliphatic rings. The lowest BCUT2D eigenvalue weighted by atomic mass is 9.98. The van der Waals surface area contributed by atoms with Crippen LogP contribution >= 0.6 is 11.6 Å². The van der Waals surface area contributed by atoms with Crippen molar-refractivity contribution in [2.24, 2.45) is 5.92 Å². The summed E-state index contributed by atoms with van der Waals surface area (Å²) in [4.78, 5) is 33.7. The molecular formula is C28H32ClN3O4. The summed E-state index contributed by atoms with van der Waals surface area (Å²) in [5.74, 6) is -0.310. The highest BCUT2D eigenvalue weighted by Crippen LogP contribution is 2.26. The molecule has 2 unspecified atom stereocenters. The number of aromatic nitrogens is 1. The fourth-order valence-corrected chi connectivity index (χ4v) is 4.79. The van der Waals surface area contributed by atoms with E-state index in [1.54, 1.807) is 11.8 Å². The number of amides is 1. The second kappa shape index (κ2) is 12.2. The minimum Gasteiger partial charge on any atom is -0.466 e. The number of hydrogen-bond acceptors (Lipinski definition) is 6. The maximum Gasteiger partial charge on any atom is 0.310 e. The molecule has 2 aromatic carbocycles. The lowest BCUT2D eigenvalue weighted by Gasteiger charge is -2.31. The van der Waals surface area contributed by atoms with Crippen LogP contribution in [-0.4, -0.2) is 46.4 Å². The van der Waals surface area contributed by atoms with Gasteiger partial charge in [-0.05, 0) is 49.9 Å². The molecule has 0 N–H and O–H groups in total. The van der Waals surface area contributed by atoms with Gasteiger partial charge < -0.3 is 14.1 Å². The van der Waals surface area contributed by atoms with Crippen LogP contribution in [0.15, 0.2) is 65.3 Å². The quantitative estimate of drug-likeness (QED) is 0.354. The van der Waals surface area contributed by atoms with E-state index in [-0.39, 0.29) is 29.5 Å². The van der Waals surface area contributed by atoms with Crippen LogP contribution in [0.25, 0.3) is 0 Å². The molecule has 3 aromatic rings. The monoisotopic (exact) mass is 509 g/mol. The van der Waals surface area contributed by atoms with Gasteiger partial charge in [0.2, 0.25) is 5.89 Å². The molecule has 1 aromatic heterocycles. The van der Waals surface area contributed by atoms with Gasteiger partial charge in [0.15, 0.2) is 5.69 Å². The summed E-state index contributed by atoms with van der Waals surface area (Å²) in [7, 11) is 0. The highest BCUT2D eigenvalue weighted by molar-refractivity contribution is 6.30. The summed E-state index contributed by atoms with van der Waals surface area (Å²) in [6, 6.07) is 18.1. The van der Waals surface area contributed by atoms with Crippen LogP contribution in [0.3, 0.4) is 0 Å². The molecule has 0 bridgehead atoms. The van der Waals surface area contributed by atoms with E-state index in [4.69, 9.17) is 20.8 Å². The molecule has 0 radical (unpaired) electrons. The number of likely N-dealkylation sites (tertiary alicyclic amines) is 1. The van der Waals surface area contributed by atoms with Gasteiger partial charge in [0.1, 0.15) is 6.26 Å². The Morgan fingerprint density at radius 3 is 2.75 bits per heavy atom. The molecule has 1 fully saturated rings. The number of benzene rings is 2. The Balaban J connectivity index is 1.48. The van der Waals surface area contributed by atoms with E-state index >= 15 is 0 Å². The third-order valence-electron chi connectivity index (χ3n) is 6.54. The predicted octanol–water partition coefficient (Wildman–Crippen LogP) is 5.51. The Labute approximate surface area is 217 Å². The van der Waals surface area contributed by atoms with E-state index in [0.29, 0.717) is 43.7 Å². The second-order valence-electron chi connectivity index (χ2n) is 9.09. The van der Waals surface area contributed by atoms with Gasteiger partial charge in [-0.3, -0.25) is 14.5 Å². The first-order valence-corrected chi connectivity index (χ1v) is 12.8. The molecule has 1 saturated heterocycles. The van der Waals surface area contributed by atoms with Gasteiger partial charge in [0.05, 0.1) is 19.1 Å². The van der Waals surface area contributed by atoms with Crippen LogP contribution in [0.5, 0.6) is 0 Å². The number of carbonyl (C=O) groups excluding carboxylic acids is 2. The van der Waals surface area contributed by atoms with Crippen LogP contribution in [0.1, 0.15) is 60.2 Å². The van der Waals surface area contributed by atoms with Crippen molar-refractivity contribution in [1.29, 1.82) is 0 Å². The van der Waals surface area contributed by atoms with Gasteiger partial charge >= 0.3 is 5.97 Å². The van der Waals surface area contributed by atoms with Gasteiger partial charge in [-0.25, -0.2) is 4.98 Å². The van der Waals surface area contributed by atoms with Gasteiger partial charge in [-0.1, -0.05) is 54.1 Å². The predicted molar refractivity (Wildman–Crippen MR) is 137 cm³/mol. The number of oxazole rings is 1. The number of nitrogens with zero attached hydrogens (tertiary/aromatic N) is 3. The zero-order valence-electron chi connectivity index (χ0n) is 20.7. The van der Waals surface area contributed by atoms with Crippen molar-refractivity contribution >= 4 is 23.5 Å². The topological polar surface area (TPSA) is 75.9 Å². The summed E-state index contributed by atoms with van der Waals surface area (Å²) in [6.07, 6.45) is 2.89. The molecule has 7 nitrogen and oxygen atoms in total. The highest BCUT2D eigenvalue weighted by Gasteiger charge is 2.31. The van der Waals surface area contributed by atoms with Crippen molar-refractivity contribution in [2.45, 2.75) is 45.8 Å². The average Bonchev–Trinajstić information content (AvgIpc) is 3.37. The molecule has 8 heteroatoms. The number of ether oxygens (including phenoxy) is 1. The van der Waals surface area contributed by atoms with Crippen LogP contribution in [0.2, 0.25) is 5.02 Å². The fourth-order valence-electron chi connectivity index (χ4n) is 4.57. The molecule has 2 atom stereocenters. The lowest BCUT2D eigenvalue weighted by Crippen LogP contribution is -2.43. The number of rotatable bonds is 9. The second-order valence-corrected chi connectivity index (χ2v) is 9.53. The smallest absolute Gasteiger partial charge is 0.310 e. The maximum atomic E-state index is 13.1. The number of hydrogen-bond donors (Lipinski definition) is 0. The molecule has 36 heavy (non-hydrogen) atoms. The minimum atomic E-state index is -0.297. The summed E-state index contributed by atoms with van der Waals surface area (Å²) < 4.78 is 10.9. The van der Waals surface area contributed by atoms with Gasteiger partial charge in [0, 0.05) is 30.7 Å². The normalized spacial score (nSPS) is 16.7. The summed E-state index contributed by atoms with van der Waals surface area (Å²) in [5, 5.41) is 0.687. The van der Waals surface area contributed by atoms with Crippen LogP contribution in [0.4, 0.5) is 0 Å². The molecule has 1 amide bonds. The molecule has 2 heterocycles. The molecule has 0 saturated carbocycles. The summed E-state index contributed by atoms with van der Waals surface area (Å²) in [5.41, 5.74) is 2.50. The molecule has 0 aliphatic carbocycles. The maximum absolute atomic E-state index is 13.1. The third kappa shape index (κ3) is 6.53. The van der Waals surface area contributed by atoms with E-state index in [0.717, 1.165) is 18.4 Å². The zero-order valence-corrected chi connectivity index (χ0v) is 21.5. The minimum absolute atomic E-state index is 0.0728. The number of halogens is 1. The van der Waals surface area contributed by atoms with Crippen molar-refractivity contribution in [2.75, 3.05) is 19.7 Å².